The molecule has 0 saturated carbocycles. The Morgan fingerprint density at radius 2 is 1.66 bits per heavy atom. The monoisotopic (exact) mass is 674 g/mol. The quantitative estimate of drug-likeness (QED) is 0.0708. The predicted octanol–water partition coefficient (Wildman–Crippen LogP) is 6.38. The van der Waals surface area contributed by atoms with Crippen molar-refractivity contribution >= 4 is 34.1 Å². The van der Waals surface area contributed by atoms with Crippen LogP contribution in [0.25, 0.3) is 11.0 Å². The average molecular weight is 675 g/mol. The van der Waals surface area contributed by atoms with E-state index < -0.39 is 5.91 Å². The van der Waals surface area contributed by atoms with Gasteiger partial charge in [-0.2, -0.15) is 0 Å². The van der Waals surface area contributed by atoms with Gasteiger partial charge in [0.15, 0.2) is 28.5 Å². The molecule has 0 radical (unpaired) electrons. The molecule has 3 N–H and O–H groups in total. The standard InChI is InChI=1S/C38H38N6O6/c1-23-17-25-14-16-44(22-26(25)18-33(23)47-2)15-13-24-9-11-27(12-10-24)41-43-42-37(39)29-19-34(48-3)35(49-4)20-30(29)40-38(46)36-21-31(45)28-7-5-6-8-32(28)50-36/h5-12,17-21H,13-16,22H2,1-4H3,(H,40,46)(H2,39,41,42). The number of carbonyl (C=O) groups excluding carboxylic acids is 1. The minimum atomic E-state index is -0.670. The number of ether oxygens (including phenoxy) is 3. The minimum absolute atomic E-state index is 0.0440. The summed E-state index contributed by atoms with van der Waals surface area (Å²) in [5, 5.41) is 15.4. The molecule has 0 atom stereocenters. The zero-order chi connectivity index (χ0) is 35.2. The fourth-order valence-corrected chi connectivity index (χ4v) is 5.97. The summed E-state index contributed by atoms with van der Waals surface area (Å²) in [6, 6.07) is 23.1. The Bertz CT molecular complexity index is 2160. The summed E-state index contributed by atoms with van der Waals surface area (Å²) in [6.07, 6.45) is 1.93. The lowest BCUT2D eigenvalue weighted by molar-refractivity contribution is 0.0997. The van der Waals surface area contributed by atoms with Gasteiger partial charge in [-0.25, -0.2) is 0 Å². The highest BCUT2D eigenvalue weighted by molar-refractivity contribution is 6.09. The second-order valence-corrected chi connectivity index (χ2v) is 11.9. The molecule has 1 aliphatic heterocycles. The maximum Gasteiger partial charge on any atom is 0.291 e. The smallest absolute Gasteiger partial charge is 0.291 e. The highest BCUT2D eigenvalue weighted by Crippen LogP contribution is 2.34. The number of benzene rings is 4. The molecule has 1 aliphatic rings. The number of nitrogens with two attached hydrogens (primary N) is 1. The van der Waals surface area contributed by atoms with Crippen molar-refractivity contribution in [3.05, 3.63) is 123 Å². The van der Waals surface area contributed by atoms with Crippen molar-refractivity contribution in [1.29, 1.82) is 0 Å². The molecule has 0 bridgehead atoms. The van der Waals surface area contributed by atoms with Gasteiger partial charge in [0.25, 0.3) is 5.91 Å². The van der Waals surface area contributed by atoms with E-state index in [1.54, 1.807) is 37.4 Å². The van der Waals surface area contributed by atoms with Gasteiger partial charge in [0, 0.05) is 37.3 Å². The molecule has 1 amide bonds. The van der Waals surface area contributed by atoms with Gasteiger partial charge in [-0.1, -0.05) is 30.3 Å². The molecule has 12 nitrogen and oxygen atoms in total. The number of anilines is 1. The Balaban J connectivity index is 1.13. The van der Waals surface area contributed by atoms with Gasteiger partial charge >= 0.3 is 0 Å². The van der Waals surface area contributed by atoms with E-state index in [0.717, 1.165) is 44.3 Å². The van der Waals surface area contributed by atoms with Gasteiger partial charge in [-0.3, -0.25) is 14.5 Å². The summed E-state index contributed by atoms with van der Waals surface area (Å²) in [4.78, 5) is 28.3. The van der Waals surface area contributed by atoms with Crippen molar-refractivity contribution < 1.29 is 23.4 Å². The van der Waals surface area contributed by atoms with Crippen LogP contribution < -0.4 is 30.7 Å². The Labute approximate surface area is 289 Å². The third kappa shape index (κ3) is 7.50. The van der Waals surface area contributed by atoms with Crippen LogP contribution in [0.1, 0.15) is 38.4 Å². The van der Waals surface area contributed by atoms with Crippen molar-refractivity contribution in [2.24, 2.45) is 21.2 Å². The first-order chi connectivity index (χ1) is 24.3. The van der Waals surface area contributed by atoms with Crippen LogP contribution in [0.15, 0.2) is 104 Å². The molecule has 2 heterocycles. The largest absolute Gasteiger partial charge is 0.496 e. The lowest BCUT2D eigenvalue weighted by atomic mass is 9.96. The van der Waals surface area contributed by atoms with E-state index in [9.17, 15) is 9.59 Å². The lowest BCUT2D eigenvalue weighted by Crippen LogP contribution is -2.32. The van der Waals surface area contributed by atoms with E-state index >= 15 is 0 Å². The van der Waals surface area contributed by atoms with E-state index in [-0.39, 0.29) is 28.3 Å². The van der Waals surface area contributed by atoms with E-state index in [1.807, 2.05) is 24.3 Å². The Kier molecular flexibility index (Phi) is 10.2. The van der Waals surface area contributed by atoms with Gasteiger partial charge in [0.1, 0.15) is 11.3 Å². The van der Waals surface area contributed by atoms with Crippen molar-refractivity contribution in [1.82, 2.24) is 4.90 Å². The maximum absolute atomic E-state index is 13.2. The number of aryl methyl sites for hydroxylation is 1. The van der Waals surface area contributed by atoms with Crippen molar-refractivity contribution in [2.75, 3.05) is 39.7 Å². The lowest BCUT2D eigenvalue weighted by Gasteiger charge is -2.29. The van der Waals surface area contributed by atoms with Crippen molar-refractivity contribution in [3.63, 3.8) is 0 Å². The van der Waals surface area contributed by atoms with E-state index in [0.29, 0.717) is 28.1 Å². The zero-order valence-corrected chi connectivity index (χ0v) is 28.4. The molecule has 12 heteroatoms. The number of amidine groups is 1. The fraction of sp³-hybridized carbons (Fsp3) is 0.237. The normalized spacial score (nSPS) is 13.3. The summed E-state index contributed by atoms with van der Waals surface area (Å²) in [5.74, 6) is 0.734. The maximum atomic E-state index is 13.2. The molecule has 5 aromatic rings. The second-order valence-electron chi connectivity index (χ2n) is 11.9. The van der Waals surface area contributed by atoms with E-state index in [4.69, 9.17) is 24.4 Å². The molecule has 0 unspecified atom stereocenters. The van der Waals surface area contributed by atoms with Crippen molar-refractivity contribution in [3.8, 4) is 17.2 Å². The Hall–Kier alpha value is -6.01. The highest BCUT2D eigenvalue weighted by Gasteiger charge is 2.20. The van der Waals surface area contributed by atoms with Gasteiger partial charge in [0.2, 0.25) is 0 Å². The molecule has 0 fully saturated rings. The molecule has 6 rings (SSSR count). The van der Waals surface area contributed by atoms with Gasteiger partial charge in [-0.05, 0) is 83.6 Å². The van der Waals surface area contributed by atoms with Crippen LogP contribution in [0.3, 0.4) is 0 Å². The fourth-order valence-electron chi connectivity index (χ4n) is 5.97. The summed E-state index contributed by atoms with van der Waals surface area (Å²) in [5.41, 5.74) is 12.5. The van der Waals surface area contributed by atoms with Gasteiger partial charge in [0.05, 0.1) is 38.1 Å². The molecule has 256 valence electrons. The molecule has 0 aliphatic carbocycles. The average Bonchev–Trinajstić information content (AvgIpc) is 3.13. The molecular formula is C38H38N6O6. The van der Waals surface area contributed by atoms with E-state index in [2.05, 4.69) is 44.7 Å². The number of hydrogen-bond acceptors (Lipinski definition) is 9. The van der Waals surface area contributed by atoms with Crippen LogP contribution in [0.2, 0.25) is 0 Å². The summed E-state index contributed by atoms with van der Waals surface area (Å²) in [7, 11) is 4.66. The third-order valence-corrected chi connectivity index (χ3v) is 8.68. The van der Waals surface area contributed by atoms with Gasteiger partial charge in [-0.15, -0.1) is 10.2 Å². The first kappa shape index (κ1) is 33.9. The number of rotatable bonds is 11. The second kappa shape index (κ2) is 15.0. The van der Waals surface area contributed by atoms with Crippen LogP contribution in [0.4, 0.5) is 11.4 Å². The molecule has 50 heavy (non-hydrogen) atoms. The molecule has 4 aromatic carbocycles. The summed E-state index contributed by atoms with van der Waals surface area (Å²) in [6.45, 7) is 4.96. The topological polar surface area (TPSA) is 153 Å². The van der Waals surface area contributed by atoms with Crippen LogP contribution in [-0.4, -0.2) is 51.1 Å². The van der Waals surface area contributed by atoms with Crippen molar-refractivity contribution in [2.45, 2.75) is 26.3 Å². The Morgan fingerprint density at radius 1 is 0.920 bits per heavy atom. The number of fused-ring (bicyclic) bond motifs is 2. The first-order valence-corrected chi connectivity index (χ1v) is 16.1. The number of carbonyl (C=O) groups is 1. The van der Waals surface area contributed by atoms with Crippen LogP contribution in [-0.2, 0) is 19.4 Å². The number of nitrogens with one attached hydrogen (secondary N) is 1. The van der Waals surface area contributed by atoms with Crippen LogP contribution >= 0.6 is 0 Å². The molecule has 0 saturated heterocycles. The number of methoxy groups -OCH3 is 3. The van der Waals surface area contributed by atoms with Crippen LogP contribution in [0.5, 0.6) is 17.2 Å². The summed E-state index contributed by atoms with van der Waals surface area (Å²) < 4.78 is 22.1. The first-order valence-electron chi connectivity index (χ1n) is 16.1. The van der Waals surface area contributed by atoms with Gasteiger partial charge < -0.3 is 29.7 Å². The number of hydrogen-bond donors (Lipinski definition) is 2. The van der Waals surface area contributed by atoms with E-state index in [1.165, 1.54) is 42.5 Å². The predicted molar refractivity (Wildman–Crippen MR) is 192 cm³/mol. The number of para-hydroxylation sites is 1. The number of nitrogens with zero attached hydrogens (tertiary/aromatic N) is 4. The summed E-state index contributed by atoms with van der Waals surface area (Å²) >= 11 is 0. The SMILES string of the molecule is COc1cc2c(cc1C)CCN(CCc1ccc(N=NN=C(N)c3cc(OC)c(OC)cc3NC(=O)c3cc(=O)c4ccccc4o3)cc1)C2. The molecular weight excluding hydrogens is 636 g/mol. The third-order valence-electron chi connectivity index (χ3n) is 8.68. The highest BCUT2D eigenvalue weighted by atomic mass is 16.5. The zero-order valence-electron chi connectivity index (χ0n) is 28.4. The number of amides is 1. The Morgan fingerprint density at radius 3 is 2.42 bits per heavy atom. The molecule has 0 spiro atoms. The molecule has 1 aromatic heterocycles. The van der Waals surface area contributed by atoms with Crippen LogP contribution in [0, 0.1) is 6.92 Å². The minimum Gasteiger partial charge on any atom is -0.496 e.